The summed E-state index contributed by atoms with van der Waals surface area (Å²) in [6.07, 6.45) is 21.5. The summed E-state index contributed by atoms with van der Waals surface area (Å²) in [4.78, 5) is 0. The number of rotatable bonds is 15. The third kappa shape index (κ3) is 18.0. The molecule has 0 aliphatic carbocycles. The van der Waals surface area contributed by atoms with Crippen LogP contribution in [0.4, 0.5) is 0 Å². The average Bonchev–Trinajstić information content (AvgIpc) is 2.38. The van der Waals surface area contributed by atoms with Gasteiger partial charge in [0.1, 0.15) is 0 Å². The highest BCUT2D eigenvalue weighted by atomic mass is 14.1. The lowest BCUT2D eigenvalue weighted by Gasteiger charge is -2.17. The Bertz CT molecular complexity index is 175. The van der Waals surface area contributed by atoms with Gasteiger partial charge in [0.15, 0.2) is 0 Å². The van der Waals surface area contributed by atoms with Crippen LogP contribution in [0.3, 0.4) is 0 Å². The first-order valence-electron chi connectivity index (χ1n) is 9.41. The van der Waals surface area contributed by atoms with Crippen molar-refractivity contribution in [2.45, 2.75) is 117 Å². The van der Waals surface area contributed by atoms with Gasteiger partial charge in [-0.3, -0.25) is 0 Å². The number of unbranched alkanes of at least 4 members (excludes halogenated alkanes) is 13. The summed E-state index contributed by atoms with van der Waals surface area (Å²) in [7, 11) is 0. The van der Waals surface area contributed by atoms with E-state index in [9.17, 15) is 0 Å². The van der Waals surface area contributed by atoms with E-state index in [0.717, 1.165) is 0 Å². The third-order valence-corrected chi connectivity index (χ3v) is 4.21. The zero-order valence-electron chi connectivity index (χ0n) is 14.8. The van der Waals surface area contributed by atoms with E-state index in [1.54, 1.807) is 0 Å². The summed E-state index contributed by atoms with van der Waals surface area (Å²) in [5, 5.41) is 0. The van der Waals surface area contributed by atoms with Crippen LogP contribution in [0.25, 0.3) is 0 Å². The van der Waals surface area contributed by atoms with Crippen molar-refractivity contribution in [3.63, 3.8) is 0 Å². The van der Waals surface area contributed by atoms with Crippen molar-refractivity contribution < 1.29 is 0 Å². The predicted octanol–water partition coefficient (Wildman–Crippen LogP) is 7.72. The Morgan fingerprint density at radius 3 is 1.15 bits per heavy atom. The summed E-state index contributed by atoms with van der Waals surface area (Å²) in [6, 6.07) is 0. The largest absolute Gasteiger partial charge is 0.0654 e. The van der Waals surface area contributed by atoms with Gasteiger partial charge in [0.05, 0.1) is 0 Å². The van der Waals surface area contributed by atoms with E-state index < -0.39 is 0 Å². The van der Waals surface area contributed by atoms with Gasteiger partial charge in [0.25, 0.3) is 0 Å². The Kier molecular flexibility index (Phi) is 14.0. The van der Waals surface area contributed by atoms with Crippen LogP contribution in [-0.2, 0) is 0 Å². The van der Waals surface area contributed by atoms with Gasteiger partial charge in [-0.2, -0.15) is 0 Å². The molecule has 1 radical (unpaired) electrons. The van der Waals surface area contributed by atoms with E-state index in [4.69, 9.17) is 0 Å². The fraction of sp³-hybridized carbons (Fsp3) is 0.950. The predicted molar refractivity (Wildman–Crippen MR) is 94.1 cm³/mol. The van der Waals surface area contributed by atoms with Crippen LogP contribution < -0.4 is 0 Å². The Labute approximate surface area is 130 Å². The first-order chi connectivity index (χ1) is 9.56. The van der Waals surface area contributed by atoms with E-state index in [-0.39, 0.29) is 5.41 Å². The molecule has 121 valence electrons. The molecule has 0 aliphatic rings. The summed E-state index contributed by atoms with van der Waals surface area (Å²) in [5.74, 6) is 0. The molecule has 0 unspecified atom stereocenters. The molecular formula is C20H41. The first kappa shape index (κ1) is 20.0. The molecule has 0 aromatic heterocycles. The van der Waals surface area contributed by atoms with Gasteiger partial charge in [-0.15, -0.1) is 0 Å². The van der Waals surface area contributed by atoms with Crippen molar-refractivity contribution in [2.24, 2.45) is 5.41 Å². The Morgan fingerprint density at radius 1 is 0.550 bits per heavy atom. The molecule has 0 saturated heterocycles. The topological polar surface area (TPSA) is 0 Å². The average molecular weight is 282 g/mol. The van der Waals surface area contributed by atoms with Crippen molar-refractivity contribution in [1.29, 1.82) is 0 Å². The maximum atomic E-state index is 4.17. The van der Waals surface area contributed by atoms with Gasteiger partial charge in [0.2, 0.25) is 0 Å². The molecule has 0 aromatic rings. The van der Waals surface area contributed by atoms with Crippen LogP contribution in [0.15, 0.2) is 0 Å². The standard InChI is InChI=1S/C20H41/c1-5-6-7-8-9-10-11-12-13-14-15-16-17-18-19-20(2,3)4/h2,5-19H2,1,3-4H3. The second-order valence-electron chi connectivity index (χ2n) is 7.51. The monoisotopic (exact) mass is 281 g/mol. The molecule has 0 heteroatoms. The summed E-state index contributed by atoms with van der Waals surface area (Å²) in [5.41, 5.74) is 0.289. The molecule has 0 nitrogen and oxygen atoms in total. The minimum Gasteiger partial charge on any atom is -0.0654 e. The number of hydrogen-bond donors (Lipinski definition) is 0. The smallest absolute Gasteiger partial charge is 0.0354 e. The molecule has 0 amide bonds. The normalized spacial score (nSPS) is 12.0. The molecule has 0 aliphatic heterocycles. The van der Waals surface area contributed by atoms with Gasteiger partial charge in [0, 0.05) is 0 Å². The van der Waals surface area contributed by atoms with E-state index in [1.807, 2.05) is 0 Å². The van der Waals surface area contributed by atoms with E-state index in [0.29, 0.717) is 0 Å². The number of hydrogen-bond acceptors (Lipinski definition) is 0. The maximum Gasteiger partial charge on any atom is -0.0354 e. The lowest BCUT2D eigenvalue weighted by atomic mass is 9.89. The molecule has 0 atom stereocenters. The fourth-order valence-electron chi connectivity index (χ4n) is 2.80. The SMILES string of the molecule is [CH2]C(C)(C)CCCCCCCCCCCCCCCC. The summed E-state index contributed by atoms with van der Waals surface area (Å²) in [6.45, 7) is 11.0. The molecule has 0 aromatic carbocycles. The quantitative estimate of drug-likeness (QED) is 0.269. The van der Waals surface area contributed by atoms with Crippen molar-refractivity contribution in [3.8, 4) is 0 Å². The minimum atomic E-state index is 0.289. The lowest BCUT2D eigenvalue weighted by molar-refractivity contribution is 0.403. The highest BCUT2D eigenvalue weighted by Gasteiger charge is 2.08. The highest BCUT2D eigenvalue weighted by molar-refractivity contribution is 4.69. The molecule has 0 bridgehead atoms. The van der Waals surface area contributed by atoms with E-state index in [2.05, 4.69) is 27.7 Å². The zero-order valence-corrected chi connectivity index (χ0v) is 14.8. The van der Waals surface area contributed by atoms with Crippen LogP contribution >= 0.6 is 0 Å². The molecule has 0 saturated carbocycles. The Balaban J connectivity index is 2.99. The first-order valence-corrected chi connectivity index (χ1v) is 9.41. The van der Waals surface area contributed by atoms with Gasteiger partial charge >= 0.3 is 0 Å². The van der Waals surface area contributed by atoms with Crippen LogP contribution in [0.5, 0.6) is 0 Å². The van der Waals surface area contributed by atoms with Crippen LogP contribution in [0, 0.1) is 12.3 Å². The minimum absolute atomic E-state index is 0.289. The van der Waals surface area contributed by atoms with Gasteiger partial charge in [-0.05, 0) is 18.8 Å². The van der Waals surface area contributed by atoms with Gasteiger partial charge < -0.3 is 0 Å². The van der Waals surface area contributed by atoms with Crippen molar-refractivity contribution >= 4 is 0 Å². The highest BCUT2D eigenvalue weighted by Crippen LogP contribution is 2.22. The van der Waals surface area contributed by atoms with E-state index >= 15 is 0 Å². The van der Waals surface area contributed by atoms with Crippen molar-refractivity contribution in [3.05, 3.63) is 6.92 Å². The molecule has 0 rings (SSSR count). The summed E-state index contributed by atoms with van der Waals surface area (Å²) >= 11 is 0. The van der Waals surface area contributed by atoms with Gasteiger partial charge in [-0.1, -0.05) is 111 Å². The molecule has 0 spiro atoms. The van der Waals surface area contributed by atoms with E-state index in [1.165, 1.54) is 96.3 Å². The fourth-order valence-corrected chi connectivity index (χ4v) is 2.80. The molecule has 0 heterocycles. The molecule has 0 fully saturated rings. The third-order valence-electron chi connectivity index (χ3n) is 4.21. The molecular weight excluding hydrogens is 240 g/mol. The lowest BCUT2D eigenvalue weighted by Crippen LogP contribution is -2.04. The zero-order chi connectivity index (χ0) is 15.1. The van der Waals surface area contributed by atoms with Crippen LogP contribution in [0.2, 0.25) is 0 Å². The van der Waals surface area contributed by atoms with Gasteiger partial charge in [-0.25, -0.2) is 0 Å². The molecule has 0 N–H and O–H groups in total. The molecule has 20 heavy (non-hydrogen) atoms. The van der Waals surface area contributed by atoms with Crippen LogP contribution in [-0.4, -0.2) is 0 Å². The second kappa shape index (κ2) is 14.0. The van der Waals surface area contributed by atoms with Crippen LogP contribution in [0.1, 0.15) is 117 Å². The maximum absolute atomic E-state index is 4.17. The Hall–Kier alpha value is 0. The van der Waals surface area contributed by atoms with Crippen molar-refractivity contribution in [1.82, 2.24) is 0 Å². The van der Waals surface area contributed by atoms with Crippen molar-refractivity contribution in [2.75, 3.05) is 0 Å². The Morgan fingerprint density at radius 2 is 0.850 bits per heavy atom. The summed E-state index contributed by atoms with van der Waals surface area (Å²) < 4.78 is 0. The second-order valence-corrected chi connectivity index (χ2v) is 7.51.